The van der Waals surface area contributed by atoms with Crippen molar-refractivity contribution in [2.24, 2.45) is 11.7 Å². The molecule has 1 aliphatic rings. The van der Waals surface area contributed by atoms with Crippen LogP contribution in [0.1, 0.15) is 18.6 Å². The Hall–Kier alpha value is -2.89. The Morgan fingerprint density at radius 1 is 1.16 bits per heavy atom. The van der Waals surface area contributed by atoms with Gasteiger partial charge >= 0.3 is 0 Å². The molecule has 2 N–H and O–H groups in total. The van der Waals surface area contributed by atoms with Gasteiger partial charge in [0, 0.05) is 25.1 Å². The first-order valence-electron chi connectivity index (χ1n) is 8.15. The summed E-state index contributed by atoms with van der Waals surface area (Å²) in [5.41, 5.74) is 5.67. The highest BCUT2D eigenvalue weighted by Gasteiger charge is 2.24. The molecule has 3 rings (SSSR count). The SMILES string of the molecule is NC(=O)C1CCN(C(=O)/C=C\c2ccc(-c3ccccc3F)o2)CC1. The first-order chi connectivity index (χ1) is 12.0. The number of carbonyl (C=O) groups is 2. The Morgan fingerprint density at radius 3 is 2.56 bits per heavy atom. The number of amides is 2. The number of primary amides is 1. The third-order valence-corrected chi connectivity index (χ3v) is 4.37. The molecule has 1 aliphatic heterocycles. The van der Waals surface area contributed by atoms with E-state index in [9.17, 15) is 14.0 Å². The maximum Gasteiger partial charge on any atom is 0.246 e. The van der Waals surface area contributed by atoms with E-state index in [-0.39, 0.29) is 23.5 Å². The van der Waals surface area contributed by atoms with Gasteiger partial charge in [-0.25, -0.2) is 4.39 Å². The highest BCUT2D eigenvalue weighted by molar-refractivity contribution is 5.91. The smallest absolute Gasteiger partial charge is 0.246 e. The quantitative estimate of drug-likeness (QED) is 0.868. The van der Waals surface area contributed by atoms with Gasteiger partial charge in [0.2, 0.25) is 11.8 Å². The van der Waals surface area contributed by atoms with Crippen molar-refractivity contribution in [3.8, 4) is 11.3 Å². The van der Waals surface area contributed by atoms with Crippen molar-refractivity contribution in [2.45, 2.75) is 12.8 Å². The van der Waals surface area contributed by atoms with Crippen LogP contribution in [0.4, 0.5) is 4.39 Å². The third-order valence-electron chi connectivity index (χ3n) is 4.37. The van der Waals surface area contributed by atoms with Crippen LogP contribution in [0.5, 0.6) is 0 Å². The number of nitrogens with zero attached hydrogens (tertiary/aromatic N) is 1. The number of benzene rings is 1. The zero-order valence-corrected chi connectivity index (χ0v) is 13.7. The number of hydrogen-bond donors (Lipinski definition) is 1. The first-order valence-corrected chi connectivity index (χ1v) is 8.15. The summed E-state index contributed by atoms with van der Waals surface area (Å²) in [6, 6.07) is 9.70. The molecule has 25 heavy (non-hydrogen) atoms. The zero-order valence-electron chi connectivity index (χ0n) is 13.7. The van der Waals surface area contributed by atoms with Crippen LogP contribution < -0.4 is 5.73 Å². The standard InChI is InChI=1S/C19H19FN2O3/c20-16-4-2-1-3-15(16)17-7-5-14(25-17)6-8-18(23)22-11-9-13(10-12-22)19(21)24/h1-8,13H,9-12H2,(H2,21,24)/b8-6-. The molecule has 1 saturated heterocycles. The summed E-state index contributed by atoms with van der Waals surface area (Å²) in [5, 5.41) is 0. The van der Waals surface area contributed by atoms with Gasteiger partial charge in [-0.05, 0) is 43.2 Å². The van der Waals surface area contributed by atoms with E-state index in [0.29, 0.717) is 43.0 Å². The highest BCUT2D eigenvalue weighted by atomic mass is 19.1. The molecule has 0 bridgehead atoms. The van der Waals surface area contributed by atoms with Gasteiger partial charge in [-0.15, -0.1) is 0 Å². The van der Waals surface area contributed by atoms with E-state index in [1.54, 1.807) is 41.3 Å². The van der Waals surface area contributed by atoms with E-state index in [1.807, 2.05) is 0 Å². The topological polar surface area (TPSA) is 76.5 Å². The van der Waals surface area contributed by atoms with Crippen LogP contribution >= 0.6 is 0 Å². The van der Waals surface area contributed by atoms with Gasteiger partial charge in [0.25, 0.3) is 0 Å². The molecular weight excluding hydrogens is 323 g/mol. The second-order valence-electron chi connectivity index (χ2n) is 6.02. The van der Waals surface area contributed by atoms with Crippen LogP contribution in [0.25, 0.3) is 17.4 Å². The monoisotopic (exact) mass is 342 g/mol. The molecule has 130 valence electrons. The summed E-state index contributed by atoms with van der Waals surface area (Å²) in [7, 11) is 0. The Labute approximate surface area is 144 Å². The molecule has 0 unspecified atom stereocenters. The number of furan rings is 1. The lowest BCUT2D eigenvalue weighted by atomic mass is 9.96. The Bertz CT molecular complexity index is 805. The van der Waals surface area contributed by atoms with Gasteiger partial charge in [0.15, 0.2) is 0 Å². The van der Waals surface area contributed by atoms with Crippen LogP contribution in [-0.4, -0.2) is 29.8 Å². The minimum absolute atomic E-state index is 0.147. The van der Waals surface area contributed by atoms with E-state index in [0.717, 1.165) is 0 Å². The molecule has 1 aromatic heterocycles. The molecule has 6 heteroatoms. The van der Waals surface area contributed by atoms with Crippen LogP contribution in [0.2, 0.25) is 0 Å². The van der Waals surface area contributed by atoms with Gasteiger partial charge in [-0.1, -0.05) is 12.1 Å². The molecule has 0 spiro atoms. The summed E-state index contributed by atoms with van der Waals surface area (Å²) in [5.74, 6) is -0.0843. The predicted molar refractivity (Wildman–Crippen MR) is 91.6 cm³/mol. The molecule has 0 saturated carbocycles. The van der Waals surface area contributed by atoms with Crippen molar-refractivity contribution in [3.05, 3.63) is 54.1 Å². The van der Waals surface area contributed by atoms with Gasteiger partial charge in [0.05, 0.1) is 5.56 Å². The highest BCUT2D eigenvalue weighted by Crippen LogP contribution is 2.25. The first kappa shape index (κ1) is 17.0. The molecule has 1 aromatic carbocycles. The van der Waals surface area contributed by atoms with Crippen molar-refractivity contribution < 1.29 is 18.4 Å². The molecule has 1 fully saturated rings. The minimum Gasteiger partial charge on any atom is -0.457 e. The summed E-state index contributed by atoms with van der Waals surface area (Å²) in [4.78, 5) is 25.0. The average Bonchev–Trinajstić information content (AvgIpc) is 3.09. The van der Waals surface area contributed by atoms with Crippen molar-refractivity contribution in [2.75, 3.05) is 13.1 Å². The van der Waals surface area contributed by atoms with Gasteiger partial charge in [-0.2, -0.15) is 0 Å². The molecule has 0 aliphatic carbocycles. The van der Waals surface area contributed by atoms with Crippen LogP contribution in [0.15, 0.2) is 46.9 Å². The molecular formula is C19H19FN2O3. The number of hydrogen-bond acceptors (Lipinski definition) is 3. The maximum absolute atomic E-state index is 13.8. The maximum atomic E-state index is 13.8. The molecule has 2 heterocycles. The van der Waals surface area contributed by atoms with Crippen molar-refractivity contribution in [1.29, 1.82) is 0 Å². The van der Waals surface area contributed by atoms with E-state index in [4.69, 9.17) is 10.2 Å². The molecule has 5 nitrogen and oxygen atoms in total. The van der Waals surface area contributed by atoms with Gasteiger partial charge in [-0.3, -0.25) is 9.59 Å². The van der Waals surface area contributed by atoms with Crippen LogP contribution in [-0.2, 0) is 9.59 Å². The number of carbonyl (C=O) groups excluding carboxylic acids is 2. The summed E-state index contributed by atoms with van der Waals surface area (Å²) < 4.78 is 19.3. The summed E-state index contributed by atoms with van der Waals surface area (Å²) in [6.07, 6.45) is 4.17. The normalized spacial score (nSPS) is 15.6. The number of piperidine rings is 1. The molecule has 0 radical (unpaired) electrons. The Morgan fingerprint density at radius 2 is 1.88 bits per heavy atom. The van der Waals surface area contributed by atoms with Gasteiger partial charge < -0.3 is 15.1 Å². The van der Waals surface area contributed by atoms with Crippen molar-refractivity contribution in [1.82, 2.24) is 4.90 Å². The summed E-state index contributed by atoms with van der Waals surface area (Å²) in [6.45, 7) is 1.02. The minimum atomic E-state index is -0.360. The van der Waals surface area contributed by atoms with Gasteiger partial charge in [0.1, 0.15) is 17.3 Å². The average molecular weight is 342 g/mol. The lowest BCUT2D eigenvalue weighted by Gasteiger charge is -2.29. The van der Waals surface area contributed by atoms with E-state index in [1.165, 1.54) is 12.1 Å². The fourth-order valence-corrected chi connectivity index (χ4v) is 2.89. The summed E-state index contributed by atoms with van der Waals surface area (Å²) >= 11 is 0. The lowest BCUT2D eigenvalue weighted by molar-refractivity contribution is -0.130. The number of rotatable bonds is 4. The lowest BCUT2D eigenvalue weighted by Crippen LogP contribution is -2.41. The zero-order chi connectivity index (χ0) is 17.8. The predicted octanol–water partition coefficient (Wildman–Crippen LogP) is 2.82. The number of halogens is 1. The largest absolute Gasteiger partial charge is 0.457 e. The second-order valence-corrected chi connectivity index (χ2v) is 6.02. The van der Waals surface area contributed by atoms with E-state index < -0.39 is 0 Å². The third kappa shape index (κ3) is 3.96. The molecule has 2 amide bonds. The van der Waals surface area contributed by atoms with E-state index in [2.05, 4.69) is 0 Å². The fourth-order valence-electron chi connectivity index (χ4n) is 2.89. The number of nitrogens with two attached hydrogens (primary N) is 1. The van der Waals surface area contributed by atoms with Crippen LogP contribution in [0.3, 0.4) is 0 Å². The Balaban J connectivity index is 1.62. The van der Waals surface area contributed by atoms with Crippen molar-refractivity contribution in [3.63, 3.8) is 0 Å². The van der Waals surface area contributed by atoms with Crippen LogP contribution in [0, 0.1) is 11.7 Å². The Kier molecular flexibility index (Phi) is 4.97. The molecule has 0 atom stereocenters. The number of likely N-dealkylation sites (tertiary alicyclic amines) is 1. The van der Waals surface area contributed by atoms with E-state index >= 15 is 0 Å². The van der Waals surface area contributed by atoms with Crippen molar-refractivity contribution >= 4 is 17.9 Å². The fraction of sp³-hybridized carbons (Fsp3) is 0.263. The molecule has 2 aromatic rings. The second kappa shape index (κ2) is 7.34.